The van der Waals surface area contributed by atoms with E-state index < -0.39 is 12.0 Å². The van der Waals surface area contributed by atoms with Crippen LogP contribution < -0.4 is 15.8 Å². The summed E-state index contributed by atoms with van der Waals surface area (Å²) < 4.78 is 5.75. The van der Waals surface area contributed by atoms with Gasteiger partial charge in [0.05, 0.1) is 0 Å². The van der Waals surface area contributed by atoms with Crippen LogP contribution in [0.2, 0.25) is 0 Å². The van der Waals surface area contributed by atoms with Gasteiger partial charge in [0.2, 0.25) is 0 Å². The fourth-order valence-electron chi connectivity index (χ4n) is 2.33. The van der Waals surface area contributed by atoms with Crippen LogP contribution in [0.3, 0.4) is 0 Å². The molecule has 0 aliphatic carbocycles. The minimum atomic E-state index is -0.616. The zero-order chi connectivity index (χ0) is 15.7. The summed E-state index contributed by atoms with van der Waals surface area (Å²) in [6.45, 7) is 2.03. The highest BCUT2D eigenvalue weighted by Crippen LogP contribution is 2.29. The largest absolute Gasteiger partial charge is 0.480 e. The Morgan fingerprint density at radius 3 is 3.00 bits per heavy atom. The number of fused-ring (bicyclic) bond motifs is 1. The minimum absolute atomic E-state index is 0.144. The second-order valence-electron chi connectivity index (χ2n) is 5.15. The van der Waals surface area contributed by atoms with Crippen LogP contribution in [-0.4, -0.2) is 22.9 Å². The average Bonchev–Trinajstić information content (AvgIpc) is 2.95. The number of nitrogens with zero attached hydrogens (tertiary/aromatic N) is 1. The van der Waals surface area contributed by atoms with Gasteiger partial charge in [-0.3, -0.25) is 14.9 Å². The summed E-state index contributed by atoms with van der Waals surface area (Å²) in [6, 6.07) is 5.92. The van der Waals surface area contributed by atoms with Crippen LogP contribution >= 0.6 is 11.3 Å². The molecule has 2 aromatic rings. The zero-order valence-corrected chi connectivity index (χ0v) is 12.8. The summed E-state index contributed by atoms with van der Waals surface area (Å²) in [7, 11) is 0. The standard InChI is InChI=1S/C15H15N3O3S/c1-8-2-4-11-9(6-8)3-5-12(21-11)14(20)18-15-17-10(7-22-15)13(16)19/h2,4,6-7,12H,3,5H2,1H3,(H2,16,19)(H,17,18,20). The quantitative estimate of drug-likeness (QED) is 0.903. The molecule has 22 heavy (non-hydrogen) atoms. The van der Waals surface area contributed by atoms with E-state index in [1.165, 1.54) is 10.9 Å². The molecule has 0 spiro atoms. The molecular weight excluding hydrogens is 302 g/mol. The normalized spacial score (nSPS) is 16.5. The Morgan fingerprint density at radius 2 is 2.27 bits per heavy atom. The Kier molecular flexibility index (Phi) is 3.81. The summed E-state index contributed by atoms with van der Waals surface area (Å²) in [6.07, 6.45) is 0.840. The van der Waals surface area contributed by atoms with Crippen molar-refractivity contribution < 1.29 is 14.3 Å². The molecule has 2 amide bonds. The van der Waals surface area contributed by atoms with Crippen LogP contribution in [0.1, 0.15) is 28.0 Å². The van der Waals surface area contributed by atoms with E-state index in [1.54, 1.807) is 0 Å². The van der Waals surface area contributed by atoms with E-state index >= 15 is 0 Å². The van der Waals surface area contributed by atoms with Gasteiger partial charge in [0.15, 0.2) is 11.2 Å². The van der Waals surface area contributed by atoms with Gasteiger partial charge in [-0.05, 0) is 31.4 Å². The van der Waals surface area contributed by atoms with E-state index in [-0.39, 0.29) is 11.6 Å². The Balaban J connectivity index is 1.68. The van der Waals surface area contributed by atoms with E-state index in [4.69, 9.17) is 10.5 Å². The molecule has 6 nitrogen and oxygen atoms in total. The van der Waals surface area contributed by atoms with Crippen LogP contribution in [0, 0.1) is 6.92 Å². The van der Waals surface area contributed by atoms with E-state index in [0.29, 0.717) is 11.6 Å². The highest BCUT2D eigenvalue weighted by Gasteiger charge is 2.26. The van der Waals surface area contributed by atoms with Crippen LogP contribution in [0.5, 0.6) is 5.75 Å². The molecule has 1 aromatic heterocycles. The average molecular weight is 317 g/mol. The van der Waals surface area contributed by atoms with Crippen molar-refractivity contribution in [2.24, 2.45) is 5.73 Å². The van der Waals surface area contributed by atoms with Crippen LogP contribution in [0.4, 0.5) is 5.13 Å². The molecule has 0 saturated carbocycles. The summed E-state index contributed by atoms with van der Waals surface area (Å²) in [5.41, 5.74) is 7.57. The predicted octanol–water partition coefficient (Wildman–Crippen LogP) is 1.88. The molecular formula is C15H15N3O3S. The molecule has 2 heterocycles. The van der Waals surface area contributed by atoms with Crippen molar-refractivity contribution in [1.29, 1.82) is 0 Å². The predicted molar refractivity (Wildman–Crippen MR) is 83.2 cm³/mol. The highest BCUT2D eigenvalue weighted by molar-refractivity contribution is 7.14. The number of anilines is 1. The number of primary amides is 1. The summed E-state index contributed by atoms with van der Waals surface area (Å²) in [5.74, 6) is -0.138. The fraction of sp³-hybridized carbons (Fsp3) is 0.267. The lowest BCUT2D eigenvalue weighted by molar-refractivity contribution is -0.123. The third-order valence-corrected chi connectivity index (χ3v) is 4.20. The highest BCUT2D eigenvalue weighted by atomic mass is 32.1. The second kappa shape index (κ2) is 5.76. The molecule has 1 aliphatic heterocycles. The molecule has 1 atom stereocenters. The van der Waals surface area contributed by atoms with E-state index in [9.17, 15) is 9.59 Å². The molecule has 7 heteroatoms. The maximum absolute atomic E-state index is 12.2. The van der Waals surface area contributed by atoms with Crippen LogP contribution in [-0.2, 0) is 11.2 Å². The number of aryl methyl sites for hydroxylation is 2. The third kappa shape index (κ3) is 2.94. The van der Waals surface area contributed by atoms with Crippen LogP contribution in [0.15, 0.2) is 23.6 Å². The van der Waals surface area contributed by atoms with Gasteiger partial charge in [-0.15, -0.1) is 11.3 Å². The van der Waals surface area contributed by atoms with Gasteiger partial charge in [0.1, 0.15) is 11.4 Å². The second-order valence-corrected chi connectivity index (χ2v) is 6.01. The number of ether oxygens (including phenoxy) is 1. The van der Waals surface area contributed by atoms with E-state index in [2.05, 4.69) is 16.4 Å². The van der Waals surface area contributed by atoms with Gasteiger partial charge in [-0.25, -0.2) is 4.98 Å². The first kappa shape index (κ1) is 14.5. The van der Waals surface area contributed by atoms with E-state index in [1.807, 2.05) is 19.1 Å². The Bertz CT molecular complexity index is 741. The van der Waals surface area contributed by atoms with Gasteiger partial charge in [-0.1, -0.05) is 17.7 Å². The molecule has 1 unspecified atom stereocenters. The first-order valence-electron chi connectivity index (χ1n) is 6.85. The Hall–Kier alpha value is -2.41. The Morgan fingerprint density at radius 1 is 1.45 bits per heavy atom. The lowest BCUT2D eigenvalue weighted by Crippen LogP contribution is -2.35. The molecule has 0 radical (unpaired) electrons. The van der Waals surface area contributed by atoms with Crippen molar-refractivity contribution >= 4 is 28.3 Å². The number of carbonyl (C=O) groups is 2. The maximum atomic E-state index is 12.2. The minimum Gasteiger partial charge on any atom is -0.480 e. The number of amides is 2. The van der Waals surface area contributed by atoms with Crippen LogP contribution in [0.25, 0.3) is 0 Å². The number of nitrogens with one attached hydrogen (secondary N) is 1. The van der Waals surface area contributed by atoms with Gasteiger partial charge in [0, 0.05) is 5.38 Å². The number of hydrogen-bond acceptors (Lipinski definition) is 5. The summed E-state index contributed by atoms with van der Waals surface area (Å²) in [5, 5.41) is 4.52. The lowest BCUT2D eigenvalue weighted by Gasteiger charge is -2.25. The zero-order valence-electron chi connectivity index (χ0n) is 12.0. The van der Waals surface area contributed by atoms with Crippen molar-refractivity contribution in [3.8, 4) is 5.75 Å². The summed E-state index contributed by atoms with van der Waals surface area (Å²) >= 11 is 1.16. The molecule has 0 bridgehead atoms. The number of rotatable bonds is 3. The molecule has 0 fully saturated rings. The molecule has 0 saturated heterocycles. The molecule has 3 rings (SSSR count). The van der Waals surface area contributed by atoms with Crippen molar-refractivity contribution in [3.05, 3.63) is 40.4 Å². The van der Waals surface area contributed by atoms with Crippen molar-refractivity contribution in [3.63, 3.8) is 0 Å². The van der Waals surface area contributed by atoms with Crippen molar-refractivity contribution in [2.45, 2.75) is 25.9 Å². The number of aromatic nitrogens is 1. The van der Waals surface area contributed by atoms with Crippen molar-refractivity contribution in [1.82, 2.24) is 4.98 Å². The lowest BCUT2D eigenvalue weighted by atomic mass is 10.00. The molecule has 3 N–H and O–H groups in total. The topological polar surface area (TPSA) is 94.3 Å². The van der Waals surface area contributed by atoms with Gasteiger partial charge < -0.3 is 10.5 Å². The Labute approximate surface area is 131 Å². The first-order chi connectivity index (χ1) is 10.5. The first-order valence-corrected chi connectivity index (χ1v) is 7.73. The monoisotopic (exact) mass is 317 g/mol. The van der Waals surface area contributed by atoms with Gasteiger partial charge >= 0.3 is 0 Å². The number of carbonyl (C=O) groups excluding carboxylic acids is 2. The number of thiazole rings is 1. The number of hydrogen-bond donors (Lipinski definition) is 2. The molecule has 114 valence electrons. The smallest absolute Gasteiger partial charge is 0.268 e. The molecule has 1 aliphatic rings. The SMILES string of the molecule is Cc1ccc2c(c1)CCC(C(=O)Nc1nc(C(N)=O)cs1)O2. The van der Waals surface area contributed by atoms with Gasteiger partial charge in [-0.2, -0.15) is 0 Å². The third-order valence-electron chi connectivity index (χ3n) is 3.44. The maximum Gasteiger partial charge on any atom is 0.268 e. The van der Waals surface area contributed by atoms with E-state index in [0.717, 1.165) is 29.1 Å². The van der Waals surface area contributed by atoms with Crippen molar-refractivity contribution in [2.75, 3.05) is 5.32 Å². The molecule has 1 aromatic carbocycles. The van der Waals surface area contributed by atoms with Gasteiger partial charge in [0.25, 0.3) is 11.8 Å². The number of nitrogens with two attached hydrogens (primary N) is 1. The fourth-order valence-corrected chi connectivity index (χ4v) is 3.03. The summed E-state index contributed by atoms with van der Waals surface area (Å²) in [4.78, 5) is 27.2. The number of benzene rings is 1.